The fourth-order valence-electron chi connectivity index (χ4n) is 3.06. The molecule has 0 radical (unpaired) electrons. The number of piperidine rings is 1. The minimum absolute atomic E-state index is 0.129. The van der Waals surface area contributed by atoms with Crippen molar-refractivity contribution in [3.8, 4) is 0 Å². The van der Waals surface area contributed by atoms with Gasteiger partial charge in [-0.1, -0.05) is 50.1 Å². The van der Waals surface area contributed by atoms with Crippen LogP contribution in [-0.4, -0.2) is 30.4 Å². The van der Waals surface area contributed by atoms with E-state index in [4.69, 9.17) is 11.6 Å². The minimum Gasteiger partial charge on any atom is -0.354 e. The second-order valence-electron chi connectivity index (χ2n) is 6.54. The Kier molecular flexibility index (Phi) is 6.71. The predicted octanol–water partition coefficient (Wildman–Crippen LogP) is 4.03. The average molecular weight is 323 g/mol. The van der Waals surface area contributed by atoms with E-state index in [2.05, 4.69) is 30.1 Å². The lowest BCUT2D eigenvalue weighted by Gasteiger charge is -2.35. The van der Waals surface area contributed by atoms with Crippen LogP contribution in [-0.2, 0) is 4.79 Å². The summed E-state index contributed by atoms with van der Waals surface area (Å²) < 4.78 is 0. The van der Waals surface area contributed by atoms with Gasteiger partial charge in [-0.2, -0.15) is 0 Å². The van der Waals surface area contributed by atoms with Crippen LogP contribution in [0.25, 0.3) is 0 Å². The lowest BCUT2D eigenvalue weighted by atomic mass is 10.0. The Bertz CT molecular complexity index is 484. The number of amides is 1. The molecule has 2 rings (SSSR count). The molecule has 1 heterocycles. The Balaban J connectivity index is 2.08. The molecule has 1 aromatic carbocycles. The molecule has 0 bridgehead atoms. The quantitative estimate of drug-likeness (QED) is 0.857. The zero-order chi connectivity index (χ0) is 15.9. The molecule has 0 aromatic heterocycles. The summed E-state index contributed by atoms with van der Waals surface area (Å²) in [6.07, 6.45) is 4.32. The number of rotatable bonds is 6. The van der Waals surface area contributed by atoms with Crippen molar-refractivity contribution in [1.82, 2.24) is 10.2 Å². The van der Waals surface area contributed by atoms with Crippen molar-refractivity contribution in [1.29, 1.82) is 0 Å². The molecule has 0 aliphatic carbocycles. The van der Waals surface area contributed by atoms with Crippen molar-refractivity contribution in [3.05, 3.63) is 34.9 Å². The Morgan fingerprint density at radius 2 is 1.91 bits per heavy atom. The Labute approximate surface area is 139 Å². The number of nitrogens with zero attached hydrogens (tertiary/aromatic N) is 1. The summed E-state index contributed by atoms with van der Waals surface area (Å²) in [4.78, 5) is 14.5. The van der Waals surface area contributed by atoms with Crippen LogP contribution >= 0.6 is 11.6 Å². The first-order valence-electron chi connectivity index (χ1n) is 8.33. The van der Waals surface area contributed by atoms with E-state index in [0.29, 0.717) is 18.9 Å². The third-order valence-electron chi connectivity index (χ3n) is 4.18. The summed E-state index contributed by atoms with van der Waals surface area (Å²) >= 11 is 6.40. The molecule has 1 N–H and O–H groups in total. The van der Waals surface area contributed by atoms with Crippen LogP contribution in [0.1, 0.15) is 51.1 Å². The van der Waals surface area contributed by atoms with Crippen molar-refractivity contribution < 1.29 is 4.79 Å². The van der Waals surface area contributed by atoms with Gasteiger partial charge >= 0.3 is 0 Å². The summed E-state index contributed by atoms with van der Waals surface area (Å²) in [5, 5.41) is 3.89. The number of carbonyl (C=O) groups is 1. The molecule has 0 spiro atoms. The number of hydrogen-bond donors (Lipinski definition) is 1. The maximum absolute atomic E-state index is 12.0. The molecule has 1 aliphatic heterocycles. The van der Waals surface area contributed by atoms with Gasteiger partial charge in [-0.3, -0.25) is 9.69 Å². The smallest absolute Gasteiger partial charge is 0.220 e. The summed E-state index contributed by atoms with van der Waals surface area (Å²) in [6, 6.07) is 8.16. The molecule has 22 heavy (non-hydrogen) atoms. The molecule has 1 saturated heterocycles. The molecular formula is C18H27ClN2O. The van der Waals surface area contributed by atoms with E-state index in [9.17, 15) is 4.79 Å². The lowest BCUT2D eigenvalue weighted by Crippen LogP contribution is -2.41. The van der Waals surface area contributed by atoms with Crippen LogP contribution in [0.15, 0.2) is 24.3 Å². The third kappa shape index (κ3) is 4.99. The molecule has 0 unspecified atom stereocenters. The summed E-state index contributed by atoms with van der Waals surface area (Å²) in [6.45, 7) is 6.92. The summed E-state index contributed by atoms with van der Waals surface area (Å²) in [5.41, 5.74) is 1.12. The molecule has 1 fully saturated rings. The lowest BCUT2D eigenvalue weighted by molar-refractivity contribution is -0.122. The first-order chi connectivity index (χ1) is 10.6. The number of benzene rings is 1. The molecular weight excluding hydrogens is 296 g/mol. The normalized spacial score (nSPS) is 17.5. The van der Waals surface area contributed by atoms with Crippen molar-refractivity contribution in [2.75, 3.05) is 19.6 Å². The average Bonchev–Trinajstić information content (AvgIpc) is 2.49. The van der Waals surface area contributed by atoms with Gasteiger partial charge in [0, 0.05) is 18.0 Å². The van der Waals surface area contributed by atoms with Crippen LogP contribution in [0.2, 0.25) is 5.02 Å². The fourth-order valence-corrected chi connectivity index (χ4v) is 3.33. The Morgan fingerprint density at radius 1 is 1.23 bits per heavy atom. The van der Waals surface area contributed by atoms with E-state index in [-0.39, 0.29) is 11.9 Å². The van der Waals surface area contributed by atoms with Crippen LogP contribution in [0.3, 0.4) is 0 Å². The second kappa shape index (κ2) is 8.54. The second-order valence-corrected chi connectivity index (χ2v) is 6.94. The molecule has 4 heteroatoms. The van der Waals surface area contributed by atoms with Gasteiger partial charge in [0.1, 0.15) is 0 Å². The SMILES string of the molecule is CC(C)CC(=O)NC[C@H](c1ccccc1Cl)N1CCCCC1. The first-order valence-corrected chi connectivity index (χ1v) is 8.71. The molecule has 1 aromatic rings. The van der Waals surface area contributed by atoms with Gasteiger partial charge in [0.25, 0.3) is 0 Å². The van der Waals surface area contributed by atoms with Crippen LogP contribution in [0.5, 0.6) is 0 Å². The minimum atomic E-state index is 0.129. The maximum atomic E-state index is 12.0. The van der Waals surface area contributed by atoms with Crippen LogP contribution in [0, 0.1) is 5.92 Å². The van der Waals surface area contributed by atoms with Crippen molar-refractivity contribution in [3.63, 3.8) is 0 Å². The number of nitrogens with one attached hydrogen (secondary N) is 1. The van der Waals surface area contributed by atoms with E-state index in [1.807, 2.05) is 18.2 Å². The van der Waals surface area contributed by atoms with E-state index in [1.54, 1.807) is 0 Å². The first kappa shape index (κ1) is 17.3. The number of carbonyl (C=O) groups excluding carboxylic acids is 1. The number of hydrogen-bond acceptors (Lipinski definition) is 2. The van der Waals surface area contributed by atoms with Gasteiger partial charge in [0.05, 0.1) is 6.04 Å². The van der Waals surface area contributed by atoms with Gasteiger partial charge < -0.3 is 5.32 Å². The zero-order valence-electron chi connectivity index (χ0n) is 13.6. The topological polar surface area (TPSA) is 32.3 Å². The van der Waals surface area contributed by atoms with E-state index < -0.39 is 0 Å². The van der Waals surface area contributed by atoms with Gasteiger partial charge in [-0.15, -0.1) is 0 Å². The highest BCUT2D eigenvalue weighted by molar-refractivity contribution is 6.31. The monoisotopic (exact) mass is 322 g/mol. The zero-order valence-corrected chi connectivity index (χ0v) is 14.4. The van der Waals surface area contributed by atoms with Crippen LogP contribution in [0.4, 0.5) is 0 Å². The number of halogens is 1. The molecule has 1 atom stereocenters. The molecule has 1 aliphatic rings. The third-order valence-corrected chi connectivity index (χ3v) is 4.53. The van der Waals surface area contributed by atoms with Gasteiger partial charge in [-0.25, -0.2) is 0 Å². The largest absolute Gasteiger partial charge is 0.354 e. The van der Waals surface area contributed by atoms with Crippen LogP contribution < -0.4 is 5.32 Å². The maximum Gasteiger partial charge on any atom is 0.220 e. The fraction of sp³-hybridized carbons (Fsp3) is 0.611. The highest BCUT2D eigenvalue weighted by Crippen LogP contribution is 2.29. The standard InChI is InChI=1S/C18H27ClN2O/c1-14(2)12-18(22)20-13-17(21-10-6-3-7-11-21)15-8-4-5-9-16(15)19/h4-5,8-9,14,17H,3,6-7,10-13H2,1-2H3,(H,20,22)/t17-/m1/s1. The highest BCUT2D eigenvalue weighted by Gasteiger charge is 2.24. The van der Waals surface area contributed by atoms with Gasteiger partial charge in [-0.05, 0) is 43.5 Å². The molecule has 1 amide bonds. The Hall–Kier alpha value is -1.06. The van der Waals surface area contributed by atoms with Gasteiger partial charge in [0.2, 0.25) is 5.91 Å². The van der Waals surface area contributed by atoms with Gasteiger partial charge in [0.15, 0.2) is 0 Å². The highest BCUT2D eigenvalue weighted by atomic mass is 35.5. The number of likely N-dealkylation sites (tertiary alicyclic amines) is 1. The molecule has 0 saturated carbocycles. The van der Waals surface area contributed by atoms with E-state index in [1.165, 1.54) is 19.3 Å². The Morgan fingerprint density at radius 3 is 2.55 bits per heavy atom. The van der Waals surface area contributed by atoms with E-state index in [0.717, 1.165) is 23.7 Å². The molecule has 122 valence electrons. The van der Waals surface area contributed by atoms with Crippen molar-refractivity contribution in [2.24, 2.45) is 5.92 Å². The van der Waals surface area contributed by atoms with Crippen molar-refractivity contribution in [2.45, 2.75) is 45.6 Å². The van der Waals surface area contributed by atoms with Crippen molar-refractivity contribution >= 4 is 17.5 Å². The van der Waals surface area contributed by atoms with E-state index >= 15 is 0 Å². The summed E-state index contributed by atoms with van der Waals surface area (Å²) in [7, 11) is 0. The predicted molar refractivity (Wildman–Crippen MR) is 92.1 cm³/mol. The molecule has 3 nitrogen and oxygen atoms in total. The summed E-state index contributed by atoms with van der Waals surface area (Å²) in [5.74, 6) is 0.512.